The predicted molar refractivity (Wildman–Crippen MR) is 51.4 cm³/mol. The van der Waals surface area contributed by atoms with Gasteiger partial charge in [-0.05, 0) is 12.0 Å². The van der Waals surface area contributed by atoms with Crippen LogP contribution in [0.2, 0.25) is 0 Å². The molecule has 1 rings (SSSR count). The summed E-state index contributed by atoms with van der Waals surface area (Å²) >= 11 is 0. The van der Waals surface area contributed by atoms with Gasteiger partial charge in [0.1, 0.15) is 0 Å². The Hall–Kier alpha value is -0.900. The van der Waals surface area contributed by atoms with Crippen molar-refractivity contribution >= 4 is 0 Å². The van der Waals surface area contributed by atoms with E-state index < -0.39 is 0 Å². The van der Waals surface area contributed by atoms with Crippen molar-refractivity contribution in [3.05, 3.63) is 35.9 Å². The van der Waals surface area contributed by atoms with Crippen LogP contribution in [-0.4, -0.2) is 35.1 Å². The van der Waals surface area contributed by atoms with Gasteiger partial charge < -0.3 is 15.3 Å². The summed E-state index contributed by atoms with van der Waals surface area (Å²) < 4.78 is 0. The first-order chi connectivity index (χ1) is 6.35. The van der Waals surface area contributed by atoms with Gasteiger partial charge in [-0.25, -0.2) is 0 Å². The lowest BCUT2D eigenvalue weighted by molar-refractivity contribution is 0.186. The molecule has 3 heteroatoms. The second-order valence-electron chi connectivity index (χ2n) is 2.41. The van der Waals surface area contributed by atoms with E-state index in [-0.39, 0.29) is 19.8 Å². The maximum absolute atomic E-state index is 8.52. The molecule has 0 radical (unpaired) electrons. The Morgan fingerprint density at radius 2 is 1.31 bits per heavy atom. The highest BCUT2D eigenvalue weighted by atomic mass is 16.3. The fourth-order valence-electron chi connectivity index (χ4n) is 0.774. The van der Waals surface area contributed by atoms with Gasteiger partial charge >= 0.3 is 0 Å². The second kappa shape index (κ2) is 9.19. The van der Waals surface area contributed by atoms with Crippen molar-refractivity contribution in [2.24, 2.45) is 0 Å². The summed E-state index contributed by atoms with van der Waals surface area (Å²) in [6, 6.07) is 9.95. The third-order valence-electron chi connectivity index (χ3n) is 1.34. The lowest BCUT2D eigenvalue weighted by Crippen LogP contribution is -1.88. The predicted octanol–water partition coefficient (Wildman–Crippen LogP) is 0.192. The van der Waals surface area contributed by atoms with Crippen molar-refractivity contribution in [3.8, 4) is 0 Å². The standard InChI is InChI=1S/C8H10O.C2H6O2/c9-7-6-8-4-2-1-3-5-8;3-1-2-4/h1-5,9H,6-7H2;3-4H,1-2H2. The van der Waals surface area contributed by atoms with E-state index in [9.17, 15) is 0 Å². The molecule has 1 aromatic carbocycles. The monoisotopic (exact) mass is 184 g/mol. The third kappa shape index (κ3) is 7.46. The van der Waals surface area contributed by atoms with Gasteiger partial charge in [0.15, 0.2) is 0 Å². The van der Waals surface area contributed by atoms with Crippen LogP contribution in [0.5, 0.6) is 0 Å². The van der Waals surface area contributed by atoms with E-state index in [0.29, 0.717) is 0 Å². The van der Waals surface area contributed by atoms with Crippen LogP contribution in [0.1, 0.15) is 5.56 Å². The number of hydrogen-bond acceptors (Lipinski definition) is 3. The zero-order valence-corrected chi connectivity index (χ0v) is 7.56. The summed E-state index contributed by atoms with van der Waals surface area (Å²) in [4.78, 5) is 0. The Labute approximate surface area is 78.3 Å². The van der Waals surface area contributed by atoms with Crippen LogP contribution in [0.4, 0.5) is 0 Å². The normalized spacial score (nSPS) is 8.85. The molecular formula is C10H16O3. The number of rotatable bonds is 3. The summed E-state index contributed by atoms with van der Waals surface area (Å²) in [5.74, 6) is 0. The average molecular weight is 184 g/mol. The van der Waals surface area contributed by atoms with Crippen molar-refractivity contribution < 1.29 is 15.3 Å². The number of aliphatic hydroxyl groups excluding tert-OH is 3. The van der Waals surface area contributed by atoms with Crippen LogP contribution in [0, 0.1) is 0 Å². The molecule has 0 aliphatic heterocycles. The van der Waals surface area contributed by atoms with Crippen LogP contribution in [0.3, 0.4) is 0 Å². The highest BCUT2D eigenvalue weighted by Gasteiger charge is 1.85. The molecule has 0 aromatic heterocycles. The van der Waals surface area contributed by atoms with Gasteiger partial charge in [0.2, 0.25) is 0 Å². The Bertz CT molecular complexity index is 185. The Balaban J connectivity index is 0.000000310. The Kier molecular flexibility index (Phi) is 8.55. The minimum Gasteiger partial charge on any atom is -0.396 e. The molecule has 0 unspecified atom stereocenters. The molecule has 0 atom stereocenters. The van der Waals surface area contributed by atoms with Crippen molar-refractivity contribution in [3.63, 3.8) is 0 Å². The molecule has 74 valence electrons. The molecular weight excluding hydrogens is 168 g/mol. The van der Waals surface area contributed by atoms with E-state index in [1.807, 2.05) is 30.3 Å². The molecule has 13 heavy (non-hydrogen) atoms. The van der Waals surface area contributed by atoms with Crippen LogP contribution < -0.4 is 0 Å². The number of aliphatic hydroxyl groups is 3. The minimum absolute atomic E-state index is 0.125. The summed E-state index contributed by atoms with van der Waals surface area (Å²) in [6.07, 6.45) is 0.765. The minimum atomic E-state index is -0.125. The van der Waals surface area contributed by atoms with Crippen LogP contribution in [0.25, 0.3) is 0 Å². The largest absolute Gasteiger partial charge is 0.396 e. The topological polar surface area (TPSA) is 60.7 Å². The molecule has 3 N–H and O–H groups in total. The maximum Gasteiger partial charge on any atom is 0.0662 e. The second-order valence-corrected chi connectivity index (χ2v) is 2.41. The molecule has 3 nitrogen and oxygen atoms in total. The molecule has 0 bridgehead atoms. The van der Waals surface area contributed by atoms with Gasteiger partial charge in [-0.1, -0.05) is 30.3 Å². The van der Waals surface area contributed by atoms with E-state index in [2.05, 4.69) is 0 Å². The van der Waals surface area contributed by atoms with Crippen LogP contribution in [-0.2, 0) is 6.42 Å². The summed E-state index contributed by atoms with van der Waals surface area (Å²) in [7, 11) is 0. The van der Waals surface area contributed by atoms with E-state index in [4.69, 9.17) is 15.3 Å². The molecule has 0 heterocycles. The van der Waals surface area contributed by atoms with Crippen LogP contribution in [0.15, 0.2) is 30.3 Å². The maximum atomic E-state index is 8.52. The molecule has 1 aromatic rings. The summed E-state index contributed by atoms with van der Waals surface area (Å²) in [5, 5.41) is 23.8. The highest BCUT2D eigenvalue weighted by Crippen LogP contribution is 1.97. The van der Waals surface area contributed by atoms with E-state index >= 15 is 0 Å². The van der Waals surface area contributed by atoms with E-state index in [1.165, 1.54) is 5.56 Å². The fraction of sp³-hybridized carbons (Fsp3) is 0.400. The van der Waals surface area contributed by atoms with Crippen LogP contribution >= 0.6 is 0 Å². The first kappa shape index (κ1) is 12.1. The molecule has 0 aliphatic carbocycles. The molecule has 0 saturated heterocycles. The smallest absolute Gasteiger partial charge is 0.0662 e. The van der Waals surface area contributed by atoms with Crippen molar-refractivity contribution in [1.82, 2.24) is 0 Å². The van der Waals surface area contributed by atoms with Gasteiger partial charge in [-0.2, -0.15) is 0 Å². The number of hydrogen-bond donors (Lipinski definition) is 3. The molecule has 0 fully saturated rings. The average Bonchev–Trinajstić information content (AvgIpc) is 2.20. The highest BCUT2D eigenvalue weighted by molar-refractivity contribution is 5.14. The fourth-order valence-corrected chi connectivity index (χ4v) is 0.774. The lowest BCUT2D eigenvalue weighted by Gasteiger charge is -1.93. The lowest BCUT2D eigenvalue weighted by atomic mass is 10.2. The zero-order chi connectivity index (χ0) is 9.94. The van der Waals surface area contributed by atoms with E-state index in [1.54, 1.807) is 0 Å². The van der Waals surface area contributed by atoms with Gasteiger partial charge in [-0.15, -0.1) is 0 Å². The summed E-state index contributed by atoms with van der Waals surface area (Å²) in [5.41, 5.74) is 1.19. The molecule has 0 aliphatic rings. The molecule has 0 spiro atoms. The third-order valence-corrected chi connectivity index (χ3v) is 1.34. The summed E-state index contributed by atoms with van der Waals surface area (Å²) in [6.45, 7) is -0.00991. The Morgan fingerprint density at radius 1 is 0.769 bits per heavy atom. The molecule has 0 saturated carbocycles. The van der Waals surface area contributed by atoms with Gasteiger partial charge in [-0.3, -0.25) is 0 Å². The van der Waals surface area contributed by atoms with Gasteiger partial charge in [0.05, 0.1) is 13.2 Å². The first-order valence-electron chi connectivity index (χ1n) is 4.21. The van der Waals surface area contributed by atoms with E-state index in [0.717, 1.165) is 6.42 Å². The first-order valence-corrected chi connectivity index (χ1v) is 4.21. The van der Waals surface area contributed by atoms with Gasteiger partial charge in [0.25, 0.3) is 0 Å². The zero-order valence-electron chi connectivity index (χ0n) is 7.56. The number of benzene rings is 1. The Morgan fingerprint density at radius 3 is 1.69 bits per heavy atom. The van der Waals surface area contributed by atoms with Crippen molar-refractivity contribution in [1.29, 1.82) is 0 Å². The van der Waals surface area contributed by atoms with Gasteiger partial charge in [0, 0.05) is 6.61 Å². The van der Waals surface area contributed by atoms with Crippen molar-refractivity contribution in [2.45, 2.75) is 6.42 Å². The SMILES string of the molecule is OCCO.OCCc1ccccc1. The molecule has 0 amide bonds. The van der Waals surface area contributed by atoms with Crippen molar-refractivity contribution in [2.75, 3.05) is 19.8 Å². The quantitative estimate of drug-likeness (QED) is 0.628.